The second kappa shape index (κ2) is 7.10. The molecule has 0 aliphatic carbocycles. The Balaban J connectivity index is 1.64. The largest absolute Gasteiger partial charge is 0.384 e. The van der Waals surface area contributed by atoms with Crippen LogP contribution in [0.15, 0.2) is 0 Å². The standard InChI is InChI=1S/C14H25NO3/c1-17-11-12-6-8-15(9-7-12)14(16)5-4-13-3-2-10-18-13/h12-13H,2-11H2,1H3/t13-/m1/s1. The first-order valence-corrected chi connectivity index (χ1v) is 7.18. The maximum absolute atomic E-state index is 12.1. The summed E-state index contributed by atoms with van der Waals surface area (Å²) in [6.45, 7) is 3.51. The summed E-state index contributed by atoms with van der Waals surface area (Å²) in [6, 6.07) is 0. The molecule has 4 nitrogen and oxygen atoms in total. The highest BCUT2D eigenvalue weighted by molar-refractivity contribution is 5.76. The quantitative estimate of drug-likeness (QED) is 0.752. The molecule has 2 aliphatic rings. The normalized spacial score (nSPS) is 25.6. The molecule has 0 radical (unpaired) electrons. The highest BCUT2D eigenvalue weighted by Gasteiger charge is 2.24. The predicted octanol–water partition coefficient (Wildman–Crippen LogP) is 1.83. The van der Waals surface area contributed by atoms with Gasteiger partial charge in [-0.25, -0.2) is 0 Å². The Hall–Kier alpha value is -0.610. The zero-order chi connectivity index (χ0) is 12.8. The maximum atomic E-state index is 12.1. The van der Waals surface area contributed by atoms with Crippen LogP contribution >= 0.6 is 0 Å². The Bertz CT molecular complexity index is 256. The van der Waals surface area contributed by atoms with Crippen LogP contribution in [0.25, 0.3) is 0 Å². The number of methoxy groups -OCH3 is 1. The fourth-order valence-electron chi connectivity index (χ4n) is 2.90. The van der Waals surface area contributed by atoms with Crippen molar-refractivity contribution in [1.29, 1.82) is 0 Å². The van der Waals surface area contributed by atoms with E-state index in [1.54, 1.807) is 7.11 Å². The van der Waals surface area contributed by atoms with E-state index in [0.717, 1.165) is 58.4 Å². The smallest absolute Gasteiger partial charge is 0.222 e. The van der Waals surface area contributed by atoms with E-state index in [1.165, 1.54) is 0 Å². The first-order valence-electron chi connectivity index (χ1n) is 7.18. The Morgan fingerprint density at radius 3 is 2.72 bits per heavy atom. The van der Waals surface area contributed by atoms with Gasteiger partial charge in [0, 0.05) is 39.8 Å². The molecule has 0 N–H and O–H groups in total. The molecule has 1 atom stereocenters. The monoisotopic (exact) mass is 255 g/mol. The summed E-state index contributed by atoms with van der Waals surface area (Å²) in [7, 11) is 1.75. The third-order valence-corrected chi connectivity index (χ3v) is 4.07. The lowest BCUT2D eigenvalue weighted by Crippen LogP contribution is -2.39. The number of piperidine rings is 1. The minimum Gasteiger partial charge on any atom is -0.384 e. The fraction of sp³-hybridized carbons (Fsp3) is 0.929. The summed E-state index contributed by atoms with van der Waals surface area (Å²) in [6.07, 6.45) is 6.33. The lowest BCUT2D eigenvalue weighted by atomic mass is 9.97. The topological polar surface area (TPSA) is 38.8 Å². The van der Waals surface area contributed by atoms with Crippen LogP contribution in [0.3, 0.4) is 0 Å². The number of likely N-dealkylation sites (tertiary alicyclic amines) is 1. The number of nitrogens with zero attached hydrogens (tertiary/aromatic N) is 1. The molecule has 1 amide bonds. The van der Waals surface area contributed by atoms with Gasteiger partial charge in [-0.05, 0) is 38.0 Å². The van der Waals surface area contributed by atoms with Crippen LogP contribution in [0.1, 0.15) is 38.5 Å². The third kappa shape index (κ3) is 3.95. The van der Waals surface area contributed by atoms with E-state index >= 15 is 0 Å². The Labute approximate surface area is 110 Å². The van der Waals surface area contributed by atoms with E-state index in [0.29, 0.717) is 24.3 Å². The molecule has 2 rings (SSSR count). The number of rotatable bonds is 5. The van der Waals surface area contributed by atoms with E-state index in [-0.39, 0.29) is 0 Å². The Morgan fingerprint density at radius 1 is 1.33 bits per heavy atom. The van der Waals surface area contributed by atoms with Gasteiger partial charge >= 0.3 is 0 Å². The first kappa shape index (κ1) is 13.8. The number of ether oxygens (including phenoxy) is 2. The minimum absolute atomic E-state index is 0.307. The van der Waals surface area contributed by atoms with E-state index in [4.69, 9.17) is 9.47 Å². The van der Waals surface area contributed by atoms with Gasteiger partial charge in [-0.15, -0.1) is 0 Å². The van der Waals surface area contributed by atoms with E-state index in [9.17, 15) is 4.79 Å². The summed E-state index contributed by atoms with van der Waals surface area (Å²) in [4.78, 5) is 14.1. The van der Waals surface area contributed by atoms with Crippen LogP contribution in [0, 0.1) is 5.92 Å². The van der Waals surface area contributed by atoms with Crippen molar-refractivity contribution in [2.75, 3.05) is 33.4 Å². The lowest BCUT2D eigenvalue weighted by molar-refractivity contribution is -0.133. The van der Waals surface area contributed by atoms with Crippen LogP contribution in [0.2, 0.25) is 0 Å². The van der Waals surface area contributed by atoms with Crippen molar-refractivity contribution in [2.45, 2.75) is 44.6 Å². The predicted molar refractivity (Wildman–Crippen MR) is 69.4 cm³/mol. The molecule has 4 heteroatoms. The zero-order valence-corrected chi connectivity index (χ0v) is 11.4. The fourth-order valence-corrected chi connectivity index (χ4v) is 2.90. The summed E-state index contributed by atoms with van der Waals surface area (Å²) >= 11 is 0. The summed E-state index contributed by atoms with van der Waals surface area (Å²) in [5.74, 6) is 0.943. The van der Waals surface area contributed by atoms with Gasteiger partial charge in [0.05, 0.1) is 6.10 Å². The van der Waals surface area contributed by atoms with Gasteiger partial charge in [0.25, 0.3) is 0 Å². The van der Waals surface area contributed by atoms with Gasteiger partial charge in [0.15, 0.2) is 0 Å². The van der Waals surface area contributed by atoms with E-state index < -0.39 is 0 Å². The molecule has 0 aromatic heterocycles. The third-order valence-electron chi connectivity index (χ3n) is 4.07. The Kier molecular flexibility index (Phi) is 5.45. The Morgan fingerprint density at radius 2 is 2.11 bits per heavy atom. The molecule has 0 bridgehead atoms. The van der Waals surface area contributed by atoms with Gasteiger partial charge in [-0.1, -0.05) is 0 Å². The molecule has 0 spiro atoms. The van der Waals surface area contributed by atoms with Gasteiger partial charge in [-0.2, -0.15) is 0 Å². The number of carbonyl (C=O) groups is 1. The van der Waals surface area contributed by atoms with Gasteiger partial charge in [0.1, 0.15) is 0 Å². The second-order valence-electron chi connectivity index (χ2n) is 5.45. The highest BCUT2D eigenvalue weighted by atomic mass is 16.5. The molecule has 0 aromatic rings. The number of carbonyl (C=O) groups excluding carboxylic acids is 1. The van der Waals surface area contributed by atoms with Crippen molar-refractivity contribution in [3.05, 3.63) is 0 Å². The average Bonchev–Trinajstić information content (AvgIpc) is 2.90. The minimum atomic E-state index is 0.307. The van der Waals surface area contributed by atoms with Crippen molar-refractivity contribution in [2.24, 2.45) is 5.92 Å². The van der Waals surface area contributed by atoms with Crippen LogP contribution in [0.5, 0.6) is 0 Å². The van der Waals surface area contributed by atoms with E-state index in [2.05, 4.69) is 0 Å². The molecule has 2 saturated heterocycles. The SMILES string of the molecule is COCC1CCN(C(=O)CC[C@H]2CCCO2)CC1. The second-order valence-corrected chi connectivity index (χ2v) is 5.45. The molecule has 2 fully saturated rings. The summed E-state index contributed by atoms with van der Waals surface area (Å²) in [5.41, 5.74) is 0. The molecular weight excluding hydrogens is 230 g/mol. The summed E-state index contributed by atoms with van der Waals surface area (Å²) in [5, 5.41) is 0. The number of hydrogen-bond donors (Lipinski definition) is 0. The van der Waals surface area contributed by atoms with Crippen LogP contribution in [0.4, 0.5) is 0 Å². The van der Waals surface area contributed by atoms with Crippen molar-refractivity contribution in [1.82, 2.24) is 4.90 Å². The lowest BCUT2D eigenvalue weighted by Gasteiger charge is -2.32. The van der Waals surface area contributed by atoms with Crippen molar-refractivity contribution < 1.29 is 14.3 Å². The zero-order valence-electron chi connectivity index (χ0n) is 11.4. The van der Waals surface area contributed by atoms with Gasteiger partial charge in [-0.3, -0.25) is 4.79 Å². The van der Waals surface area contributed by atoms with Crippen molar-refractivity contribution in [3.63, 3.8) is 0 Å². The summed E-state index contributed by atoms with van der Waals surface area (Å²) < 4.78 is 10.7. The molecule has 2 heterocycles. The first-order chi connectivity index (χ1) is 8.79. The van der Waals surface area contributed by atoms with Crippen LogP contribution in [-0.2, 0) is 14.3 Å². The number of amides is 1. The van der Waals surface area contributed by atoms with Gasteiger partial charge in [0.2, 0.25) is 5.91 Å². The highest BCUT2D eigenvalue weighted by Crippen LogP contribution is 2.20. The molecule has 18 heavy (non-hydrogen) atoms. The molecule has 0 aromatic carbocycles. The maximum Gasteiger partial charge on any atom is 0.222 e. The molecular formula is C14H25NO3. The molecule has 0 saturated carbocycles. The van der Waals surface area contributed by atoms with Crippen molar-refractivity contribution >= 4 is 5.91 Å². The van der Waals surface area contributed by atoms with Gasteiger partial charge < -0.3 is 14.4 Å². The van der Waals surface area contributed by atoms with Crippen LogP contribution < -0.4 is 0 Å². The average molecular weight is 255 g/mol. The van der Waals surface area contributed by atoms with Crippen LogP contribution in [-0.4, -0.2) is 50.3 Å². The number of hydrogen-bond acceptors (Lipinski definition) is 3. The van der Waals surface area contributed by atoms with E-state index in [1.807, 2.05) is 4.90 Å². The molecule has 0 unspecified atom stereocenters. The van der Waals surface area contributed by atoms with Crippen molar-refractivity contribution in [3.8, 4) is 0 Å². The molecule has 104 valence electrons. The molecule has 2 aliphatic heterocycles.